The number of rotatable bonds is 3. The fraction of sp³-hybridized carbons (Fsp3) is 0.200. The Kier molecular flexibility index (Phi) is 4.72. The van der Waals surface area contributed by atoms with Crippen LogP contribution in [0, 0.1) is 0 Å². The molecule has 4 heterocycles. The number of piperazine rings is 1. The maximum absolute atomic E-state index is 14.0. The molecule has 6 rings (SSSR count). The minimum absolute atomic E-state index is 0.00822. The molecule has 8 nitrogen and oxygen atoms in total. The largest absolute Gasteiger partial charge is 0.507 e. The lowest BCUT2D eigenvalue weighted by molar-refractivity contribution is 0.312. The molecule has 0 aliphatic carbocycles. The SMILES string of the molecule is CN1CCN(c2nc3cccc(O)c3c3c2ccn3S(=O)(=O)c2cccc3cccnc23)CC1. The number of fused-ring (bicyclic) bond motifs is 4. The number of hydrogen-bond acceptors (Lipinski definition) is 7. The van der Waals surface area contributed by atoms with Gasteiger partial charge in [-0.1, -0.05) is 24.3 Å². The Morgan fingerprint density at radius 3 is 2.53 bits per heavy atom. The highest BCUT2D eigenvalue weighted by molar-refractivity contribution is 7.90. The Hall–Kier alpha value is -3.69. The first-order chi connectivity index (χ1) is 16.4. The highest BCUT2D eigenvalue weighted by Crippen LogP contribution is 2.38. The Labute approximate surface area is 196 Å². The van der Waals surface area contributed by atoms with Crippen molar-refractivity contribution in [2.75, 3.05) is 38.1 Å². The molecule has 0 bridgehead atoms. The number of aromatic nitrogens is 3. The molecule has 9 heteroatoms. The first-order valence-corrected chi connectivity index (χ1v) is 12.5. The fourth-order valence-electron chi connectivity index (χ4n) is 4.73. The third kappa shape index (κ3) is 3.12. The first-order valence-electron chi connectivity index (χ1n) is 11.1. The quantitative estimate of drug-likeness (QED) is 0.429. The third-order valence-electron chi connectivity index (χ3n) is 6.51. The van der Waals surface area contributed by atoms with E-state index in [-0.39, 0.29) is 10.6 Å². The number of pyridine rings is 2. The van der Waals surface area contributed by atoms with Gasteiger partial charge in [-0.3, -0.25) is 4.98 Å². The van der Waals surface area contributed by atoms with Crippen molar-refractivity contribution < 1.29 is 13.5 Å². The molecule has 0 unspecified atom stereocenters. The predicted octanol–water partition coefficient (Wildman–Crippen LogP) is 3.43. The van der Waals surface area contributed by atoms with E-state index in [1.165, 1.54) is 3.97 Å². The molecule has 0 radical (unpaired) electrons. The summed E-state index contributed by atoms with van der Waals surface area (Å²) < 4.78 is 29.3. The normalized spacial score (nSPS) is 15.5. The Bertz CT molecular complexity index is 1670. The average molecular weight is 474 g/mol. The Morgan fingerprint density at radius 1 is 0.941 bits per heavy atom. The van der Waals surface area contributed by atoms with Gasteiger partial charge in [0.1, 0.15) is 16.5 Å². The number of aromatic hydroxyl groups is 1. The molecule has 1 fully saturated rings. The Morgan fingerprint density at radius 2 is 1.71 bits per heavy atom. The molecular formula is C25H23N5O3S. The molecule has 0 atom stereocenters. The molecule has 1 saturated heterocycles. The van der Waals surface area contributed by atoms with E-state index in [2.05, 4.69) is 21.8 Å². The highest BCUT2D eigenvalue weighted by Gasteiger charge is 2.27. The van der Waals surface area contributed by atoms with Crippen LogP contribution in [0.2, 0.25) is 0 Å². The molecule has 0 spiro atoms. The van der Waals surface area contributed by atoms with Crippen LogP contribution in [0.1, 0.15) is 0 Å². The molecule has 2 aromatic carbocycles. The zero-order valence-electron chi connectivity index (χ0n) is 18.6. The van der Waals surface area contributed by atoms with E-state index < -0.39 is 10.0 Å². The van der Waals surface area contributed by atoms with Crippen LogP contribution in [0.25, 0.3) is 32.7 Å². The lowest BCUT2D eigenvalue weighted by atomic mass is 10.1. The summed E-state index contributed by atoms with van der Waals surface area (Å²) in [6.45, 7) is 3.35. The van der Waals surface area contributed by atoms with Gasteiger partial charge in [-0.05, 0) is 37.4 Å². The van der Waals surface area contributed by atoms with Crippen LogP contribution < -0.4 is 4.90 Å². The van der Waals surface area contributed by atoms with Gasteiger partial charge in [-0.25, -0.2) is 17.4 Å². The van der Waals surface area contributed by atoms with Gasteiger partial charge in [-0.2, -0.15) is 0 Å². The van der Waals surface area contributed by atoms with Crippen LogP contribution in [0.15, 0.2) is 71.9 Å². The van der Waals surface area contributed by atoms with Crippen molar-refractivity contribution in [1.82, 2.24) is 18.8 Å². The topological polar surface area (TPSA) is 91.6 Å². The summed E-state index contributed by atoms with van der Waals surface area (Å²) in [4.78, 5) is 13.8. The van der Waals surface area contributed by atoms with Gasteiger partial charge in [0, 0.05) is 49.3 Å². The summed E-state index contributed by atoms with van der Waals surface area (Å²) in [6, 6.07) is 15.6. The van der Waals surface area contributed by atoms with Crippen LogP contribution in [0.5, 0.6) is 5.75 Å². The first kappa shape index (κ1) is 20.9. The minimum atomic E-state index is -4.02. The van der Waals surface area contributed by atoms with E-state index in [0.717, 1.165) is 37.4 Å². The number of likely N-dealkylation sites (N-methyl/N-ethyl adjacent to an activating group) is 1. The zero-order chi connectivity index (χ0) is 23.4. The van der Waals surface area contributed by atoms with Crippen molar-refractivity contribution in [1.29, 1.82) is 0 Å². The number of para-hydroxylation sites is 1. The minimum Gasteiger partial charge on any atom is -0.507 e. The smallest absolute Gasteiger partial charge is 0.270 e. The van der Waals surface area contributed by atoms with E-state index in [0.29, 0.717) is 27.3 Å². The third-order valence-corrected chi connectivity index (χ3v) is 8.22. The summed E-state index contributed by atoms with van der Waals surface area (Å²) in [5.74, 6) is 0.720. The number of hydrogen-bond donors (Lipinski definition) is 1. The van der Waals surface area contributed by atoms with E-state index in [1.807, 2.05) is 12.1 Å². The summed E-state index contributed by atoms with van der Waals surface area (Å²) >= 11 is 0. The monoisotopic (exact) mass is 473 g/mol. The van der Waals surface area contributed by atoms with Crippen molar-refractivity contribution in [2.45, 2.75) is 4.90 Å². The molecule has 0 amide bonds. The highest BCUT2D eigenvalue weighted by atomic mass is 32.2. The Balaban J connectivity index is 1.66. The number of nitrogens with zero attached hydrogens (tertiary/aromatic N) is 5. The molecule has 3 aromatic heterocycles. The number of benzene rings is 2. The second kappa shape index (κ2) is 7.68. The van der Waals surface area contributed by atoms with Crippen molar-refractivity contribution in [2.24, 2.45) is 0 Å². The van der Waals surface area contributed by atoms with Gasteiger partial charge >= 0.3 is 0 Å². The molecule has 1 N–H and O–H groups in total. The van der Waals surface area contributed by atoms with Crippen molar-refractivity contribution in [3.8, 4) is 5.75 Å². The predicted molar refractivity (Wildman–Crippen MR) is 133 cm³/mol. The summed E-state index contributed by atoms with van der Waals surface area (Å²) in [6.07, 6.45) is 3.14. The van der Waals surface area contributed by atoms with E-state index in [1.54, 1.807) is 54.9 Å². The van der Waals surface area contributed by atoms with Crippen LogP contribution in [-0.2, 0) is 10.0 Å². The molecule has 1 aliphatic rings. The number of phenolic OH excluding ortho intramolecular Hbond substituents is 1. The van der Waals surface area contributed by atoms with Crippen LogP contribution in [-0.4, -0.2) is 65.6 Å². The van der Waals surface area contributed by atoms with E-state index in [9.17, 15) is 13.5 Å². The maximum atomic E-state index is 14.0. The van der Waals surface area contributed by atoms with Gasteiger partial charge < -0.3 is 14.9 Å². The van der Waals surface area contributed by atoms with Crippen LogP contribution >= 0.6 is 0 Å². The molecule has 34 heavy (non-hydrogen) atoms. The molecule has 0 saturated carbocycles. The zero-order valence-corrected chi connectivity index (χ0v) is 19.4. The van der Waals surface area contributed by atoms with Crippen LogP contribution in [0.4, 0.5) is 5.82 Å². The van der Waals surface area contributed by atoms with Crippen LogP contribution in [0.3, 0.4) is 0 Å². The van der Waals surface area contributed by atoms with E-state index in [4.69, 9.17) is 4.98 Å². The molecule has 1 aliphatic heterocycles. The van der Waals surface area contributed by atoms with Gasteiger partial charge in [0.2, 0.25) is 0 Å². The molecular weight excluding hydrogens is 450 g/mol. The maximum Gasteiger partial charge on any atom is 0.270 e. The van der Waals surface area contributed by atoms with Crippen molar-refractivity contribution in [3.63, 3.8) is 0 Å². The van der Waals surface area contributed by atoms with Crippen molar-refractivity contribution >= 4 is 48.5 Å². The average Bonchev–Trinajstić information content (AvgIpc) is 3.30. The number of anilines is 1. The fourth-order valence-corrected chi connectivity index (χ4v) is 6.26. The summed E-state index contributed by atoms with van der Waals surface area (Å²) in [5.41, 5.74) is 1.38. The second-order valence-electron chi connectivity index (χ2n) is 8.61. The lowest BCUT2D eigenvalue weighted by Crippen LogP contribution is -2.44. The van der Waals surface area contributed by atoms with Gasteiger partial charge in [0.15, 0.2) is 0 Å². The molecule has 172 valence electrons. The molecule has 5 aromatic rings. The van der Waals surface area contributed by atoms with E-state index >= 15 is 0 Å². The number of phenols is 1. The van der Waals surface area contributed by atoms with Crippen molar-refractivity contribution in [3.05, 3.63) is 67.0 Å². The van der Waals surface area contributed by atoms with Gasteiger partial charge in [0.05, 0.1) is 21.9 Å². The standard InChI is InChI=1S/C25H23N5O3S/c1-28-13-15-29(16-14-28)25-18-10-12-30(24(18)22-19(27-25)7-3-8-20(22)31)34(32,33)21-9-2-5-17-6-4-11-26-23(17)21/h2-12,31H,13-16H2,1H3. The summed E-state index contributed by atoms with van der Waals surface area (Å²) in [7, 11) is -1.94. The van der Waals surface area contributed by atoms with Gasteiger partial charge in [0.25, 0.3) is 10.0 Å². The second-order valence-corrected chi connectivity index (χ2v) is 10.4. The lowest BCUT2D eigenvalue weighted by Gasteiger charge is -2.33. The summed E-state index contributed by atoms with van der Waals surface area (Å²) in [5, 5.41) is 12.6. The van der Waals surface area contributed by atoms with Gasteiger partial charge in [-0.15, -0.1) is 0 Å².